The molecule has 0 radical (unpaired) electrons. The number of carbonyl (C=O) groups is 1. The lowest BCUT2D eigenvalue weighted by atomic mass is 10.1. The topological polar surface area (TPSA) is 47.6 Å². The van der Waals surface area contributed by atoms with Gasteiger partial charge in [0.05, 0.1) is 0 Å². The minimum atomic E-state index is -2.84. The summed E-state index contributed by atoms with van der Waals surface area (Å²) in [6.07, 6.45) is 0. The van der Waals surface area contributed by atoms with Gasteiger partial charge in [0.1, 0.15) is 12.4 Å². The van der Waals surface area contributed by atoms with Gasteiger partial charge in [-0.05, 0) is 35.4 Å². The van der Waals surface area contributed by atoms with Crippen LogP contribution in [0, 0.1) is 0 Å². The number of benzene rings is 2. The third-order valence-electron chi connectivity index (χ3n) is 2.83. The molecule has 0 aliphatic rings. The fourth-order valence-corrected chi connectivity index (χ4v) is 1.93. The minimum Gasteiger partial charge on any atom is -0.435 e. The lowest BCUT2D eigenvalue weighted by molar-refractivity contribution is -0.119. The van der Waals surface area contributed by atoms with E-state index in [1.807, 2.05) is 6.07 Å². The molecule has 1 amide bonds. The number of nitrogens with one attached hydrogen (secondary N) is 1. The van der Waals surface area contributed by atoms with Crippen LogP contribution >= 0.6 is 0 Å². The van der Waals surface area contributed by atoms with Gasteiger partial charge in [-0.2, -0.15) is 8.78 Å². The fourth-order valence-electron chi connectivity index (χ4n) is 1.93. The summed E-state index contributed by atoms with van der Waals surface area (Å²) in [4.78, 5) is 11.5. The van der Waals surface area contributed by atoms with E-state index in [1.54, 1.807) is 30.3 Å². The first kappa shape index (κ1) is 15.9. The predicted octanol–water partition coefficient (Wildman–Crippen LogP) is 3.54. The van der Waals surface area contributed by atoms with E-state index in [0.29, 0.717) is 5.69 Å². The van der Waals surface area contributed by atoms with Crippen LogP contribution in [0.4, 0.5) is 14.5 Å². The van der Waals surface area contributed by atoms with Crippen LogP contribution in [0.1, 0.15) is 0 Å². The van der Waals surface area contributed by atoms with Gasteiger partial charge < -0.3 is 14.8 Å². The van der Waals surface area contributed by atoms with Gasteiger partial charge in [0, 0.05) is 12.8 Å². The molecule has 2 aromatic rings. The summed E-state index contributed by atoms with van der Waals surface area (Å²) in [6.45, 7) is -2.87. The Bertz CT molecular complexity index is 630. The van der Waals surface area contributed by atoms with Crippen molar-refractivity contribution in [1.82, 2.24) is 0 Å². The monoisotopic (exact) mass is 307 g/mol. The molecule has 1 N–H and O–H groups in total. The van der Waals surface area contributed by atoms with Crippen LogP contribution in [0.15, 0.2) is 48.5 Å². The molecule has 2 aromatic carbocycles. The first-order valence-electron chi connectivity index (χ1n) is 6.52. The van der Waals surface area contributed by atoms with Crippen molar-refractivity contribution in [2.75, 3.05) is 19.0 Å². The second-order valence-corrected chi connectivity index (χ2v) is 4.46. The van der Waals surface area contributed by atoms with Crippen molar-refractivity contribution in [2.24, 2.45) is 0 Å². The van der Waals surface area contributed by atoms with E-state index in [4.69, 9.17) is 4.74 Å². The third kappa shape index (κ3) is 4.53. The number of carbonyl (C=O) groups excluding carboxylic acids is 1. The summed E-state index contributed by atoms with van der Waals surface area (Å²) in [6, 6.07) is 13.5. The second-order valence-electron chi connectivity index (χ2n) is 4.46. The number of hydrogen-bond donors (Lipinski definition) is 1. The van der Waals surface area contributed by atoms with E-state index in [9.17, 15) is 13.6 Å². The van der Waals surface area contributed by atoms with Crippen molar-refractivity contribution in [2.45, 2.75) is 6.61 Å². The Morgan fingerprint density at radius 2 is 1.86 bits per heavy atom. The number of methoxy groups -OCH3 is 1. The Labute approximate surface area is 126 Å². The van der Waals surface area contributed by atoms with Gasteiger partial charge in [-0.25, -0.2) is 0 Å². The van der Waals surface area contributed by atoms with Crippen LogP contribution in [0.3, 0.4) is 0 Å². The second kappa shape index (κ2) is 7.51. The number of amides is 1. The average molecular weight is 307 g/mol. The smallest absolute Gasteiger partial charge is 0.387 e. The summed E-state index contributed by atoms with van der Waals surface area (Å²) in [5.41, 5.74) is 2.30. The highest BCUT2D eigenvalue weighted by molar-refractivity contribution is 5.92. The van der Waals surface area contributed by atoms with E-state index in [2.05, 4.69) is 10.1 Å². The molecular formula is C16H15F2NO3. The highest BCUT2D eigenvalue weighted by atomic mass is 19.3. The van der Waals surface area contributed by atoms with E-state index in [-0.39, 0.29) is 18.3 Å². The van der Waals surface area contributed by atoms with Crippen molar-refractivity contribution in [3.05, 3.63) is 48.5 Å². The third-order valence-corrected chi connectivity index (χ3v) is 2.83. The van der Waals surface area contributed by atoms with Crippen molar-refractivity contribution in [3.8, 4) is 16.9 Å². The predicted molar refractivity (Wildman–Crippen MR) is 79.0 cm³/mol. The summed E-state index contributed by atoms with van der Waals surface area (Å²) < 4.78 is 33.3. The summed E-state index contributed by atoms with van der Waals surface area (Å²) in [7, 11) is 1.44. The molecule has 0 unspecified atom stereocenters. The molecule has 0 saturated heterocycles. The zero-order valence-corrected chi connectivity index (χ0v) is 11.9. The molecule has 0 heterocycles. The van der Waals surface area contributed by atoms with E-state index in [1.165, 1.54) is 19.2 Å². The molecule has 0 spiro atoms. The highest BCUT2D eigenvalue weighted by Crippen LogP contribution is 2.25. The SMILES string of the molecule is COCC(=O)Nc1cccc(-c2ccc(OC(F)F)cc2)c1. The van der Waals surface area contributed by atoms with Crippen LogP contribution in [0.25, 0.3) is 11.1 Å². The zero-order valence-electron chi connectivity index (χ0n) is 11.9. The molecule has 0 bridgehead atoms. The number of hydrogen-bond acceptors (Lipinski definition) is 3. The Morgan fingerprint density at radius 1 is 1.14 bits per heavy atom. The number of rotatable bonds is 6. The fraction of sp³-hybridized carbons (Fsp3) is 0.188. The normalized spacial score (nSPS) is 10.5. The van der Waals surface area contributed by atoms with E-state index >= 15 is 0 Å². The Balaban J connectivity index is 2.13. The largest absolute Gasteiger partial charge is 0.435 e. The van der Waals surface area contributed by atoms with Crippen molar-refractivity contribution in [1.29, 1.82) is 0 Å². The van der Waals surface area contributed by atoms with E-state index < -0.39 is 6.61 Å². The Morgan fingerprint density at radius 3 is 2.50 bits per heavy atom. The van der Waals surface area contributed by atoms with Gasteiger partial charge in [0.25, 0.3) is 0 Å². The van der Waals surface area contributed by atoms with Gasteiger partial charge in [-0.1, -0.05) is 24.3 Å². The summed E-state index contributed by atoms with van der Waals surface area (Å²) in [5, 5.41) is 2.70. The van der Waals surface area contributed by atoms with Gasteiger partial charge >= 0.3 is 6.61 Å². The van der Waals surface area contributed by atoms with E-state index in [0.717, 1.165) is 11.1 Å². The van der Waals surface area contributed by atoms with Crippen LogP contribution in [-0.4, -0.2) is 26.2 Å². The Hall–Kier alpha value is -2.47. The van der Waals surface area contributed by atoms with Gasteiger partial charge in [-0.3, -0.25) is 4.79 Å². The first-order chi connectivity index (χ1) is 10.6. The maximum Gasteiger partial charge on any atom is 0.387 e. The quantitative estimate of drug-likeness (QED) is 0.888. The minimum absolute atomic E-state index is 0.0239. The molecule has 0 fully saturated rings. The van der Waals surface area contributed by atoms with Gasteiger partial charge in [0.15, 0.2) is 0 Å². The molecule has 0 aromatic heterocycles. The molecule has 0 saturated carbocycles. The molecule has 0 atom stereocenters. The maximum absolute atomic E-state index is 12.1. The highest BCUT2D eigenvalue weighted by Gasteiger charge is 2.06. The van der Waals surface area contributed by atoms with Crippen LogP contribution in [0.2, 0.25) is 0 Å². The molecular weight excluding hydrogens is 292 g/mol. The van der Waals surface area contributed by atoms with Crippen molar-refractivity contribution >= 4 is 11.6 Å². The average Bonchev–Trinajstić information content (AvgIpc) is 2.48. The summed E-state index contributed by atoms with van der Waals surface area (Å²) in [5.74, 6) is -0.149. The maximum atomic E-state index is 12.1. The Kier molecular flexibility index (Phi) is 5.43. The molecule has 116 valence electrons. The van der Waals surface area contributed by atoms with Gasteiger partial charge in [0.2, 0.25) is 5.91 Å². The lowest BCUT2D eigenvalue weighted by Crippen LogP contribution is -2.16. The number of ether oxygens (including phenoxy) is 2. The van der Waals surface area contributed by atoms with Crippen molar-refractivity contribution in [3.63, 3.8) is 0 Å². The molecule has 6 heteroatoms. The van der Waals surface area contributed by atoms with Crippen LogP contribution < -0.4 is 10.1 Å². The van der Waals surface area contributed by atoms with Gasteiger partial charge in [-0.15, -0.1) is 0 Å². The number of alkyl halides is 2. The molecule has 0 aliphatic carbocycles. The van der Waals surface area contributed by atoms with Crippen molar-refractivity contribution < 1.29 is 23.0 Å². The molecule has 0 aliphatic heterocycles. The zero-order chi connectivity index (χ0) is 15.9. The molecule has 4 nitrogen and oxygen atoms in total. The first-order valence-corrected chi connectivity index (χ1v) is 6.52. The summed E-state index contributed by atoms with van der Waals surface area (Å²) >= 11 is 0. The lowest BCUT2D eigenvalue weighted by Gasteiger charge is -2.08. The number of anilines is 1. The van der Waals surface area contributed by atoms with Crippen LogP contribution in [0.5, 0.6) is 5.75 Å². The molecule has 2 rings (SSSR count). The van der Waals surface area contributed by atoms with Crippen LogP contribution in [-0.2, 0) is 9.53 Å². The number of halogens is 2. The molecule has 22 heavy (non-hydrogen) atoms. The standard InChI is InChI=1S/C16H15F2NO3/c1-21-10-15(20)19-13-4-2-3-12(9-13)11-5-7-14(8-6-11)22-16(17)18/h2-9,16H,10H2,1H3,(H,19,20).